The van der Waals surface area contributed by atoms with Gasteiger partial charge in [0.2, 0.25) is 0 Å². The molecule has 0 fully saturated rings. The van der Waals surface area contributed by atoms with Crippen LogP contribution in [0.2, 0.25) is 0 Å². The third-order valence-corrected chi connectivity index (χ3v) is 2.61. The van der Waals surface area contributed by atoms with Crippen molar-refractivity contribution in [3.63, 3.8) is 0 Å². The fourth-order valence-corrected chi connectivity index (χ4v) is 1.86. The molecule has 1 unspecified atom stereocenters. The Balaban J connectivity index is 2.17. The number of pyridine rings is 1. The standard InChI is InChI=1S/C13H16N2O/c1-9-6-10(2)13(15-8-9)12(14)7-11-4-3-5-16-11/h3-6,8,12H,7,14H2,1-2H3. The maximum atomic E-state index is 6.11. The summed E-state index contributed by atoms with van der Waals surface area (Å²) in [6.45, 7) is 4.07. The fraction of sp³-hybridized carbons (Fsp3) is 0.308. The van der Waals surface area contributed by atoms with Crippen LogP contribution in [0.5, 0.6) is 0 Å². The monoisotopic (exact) mass is 216 g/mol. The van der Waals surface area contributed by atoms with Crippen LogP contribution >= 0.6 is 0 Å². The van der Waals surface area contributed by atoms with E-state index >= 15 is 0 Å². The lowest BCUT2D eigenvalue weighted by atomic mass is 10.0. The van der Waals surface area contributed by atoms with Gasteiger partial charge in [-0.15, -0.1) is 0 Å². The summed E-state index contributed by atoms with van der Waals surface area (Å²) in [6, 6.07) is 5.80. The molecule has 2 heterocycles. The Hall–Kier alpha value is -1.61. The predicted octanol–water partition coefficient (Wildman–Crippen LogP) is 2.53. The predicted molar refractivity (Wildman–Crippen MR) is 63.1 cm³/mol. The summed E-state index contributed by atoms with van der Waals surface area (Å²) in [6.07, 6.45) is 4.20. The molecule has 0 aliphatic heterocycles. The average molecular weight is 216 g/mol. The maximum Gasteiger partial charge on any atom is 0.105 e. The molecule has 1 atom stereocenters. The second kappa shape index (κ2) is 4.49. The van der Waals surface area contributed by atoms with E-state index in [1.54, 1.807) is 6.26 Å². The SMILES string of the molecule is Cc1cnc(C(N)Cc2ccco2)c(C)c1. The summed E-state index contributed by atoms with van der Waals surface area (Å²) in [4.78, 5) is 4.39. The zero-order valence-corrected chi connectivity index (χ0v) is 9.60. The first-order valence-electron chi connectivity index (χ1n) is 5.38. The molecule has 2 aromatic heterocycles. The molecule has 16 heavy (non-hydrogen) atoms. The molecule has 0 aromatic carbocycles. The number of aryl methyl sites for hydroxylation is 2. The van der Waals surface area contributed by atoms with E-state index in [4.69, 9.17) is 10.2 Å². The number of furan rings is 1. The largest absolute Gasteiger partial charge is 0.469 e. The van der Waals surface area contributed by atoms with E-state index in [1.165, 1.54) is 0 Å². The van der Waals surface area contributed by atoms with Gasteiger partial charge in [0.15, 0.2) is 0 Å². The van der Waals surface area contributed by atoms with Gasteiger partial charge in [-0.1, -0.05) is 6.07 Å². The van der Waals surface area contributed by atoms with Crippen LogP contribution in [0.3, 0.4) is 0 Å². The first-order chi connectivity index (χ1) is 7.66. The second-order valence-corrected chi connectivity index (χ2v) is 4.10. The minimum absolute atomic E-state index is 0.105. The molecule has 0 saturated heterocycles. The molecule has 2 aromatic rings. The Morgan fingerprint density at radius 1 is 1.44 bits per heavy atom. The molecular formula is C13H16N2O. The maximum absolute atomic E-state index is 6.11. The van der Waals surface area contributed by atoms with Crippen molar-refractivity contribution < 1.29 is 4.42 Å². The van der Waals surface area contributed by atoms with Gasteiger partial charge in [0, 0.05) is 12.6 Å². The minimum Gasteiger partial charge on any atom is -0.469 e. The van der Waals surface area contributed by atoms with Gasteiger partial charge in [0.05, 0.1) is 18.0 Å². The highest BCUT2D eigenvalue weighted by Crippen LogP contribution is 2.18. The number of hydrogen-bond acceptors (Lipinski definition) is 3. The zero-order valence-electron chi connectivity index (χ0n) is 9.60. The van der Waals surface area contributed by atoms with E-state index in [2.05, 4.69) is 11.1 Å². The van der Waals surface area contributed by atoms with Gasteiger partial charge in [0.25, 0.3) is 0 Å². The van der Waals surface area contributed by atoms with Crippen molar-refractivity contribution in [1.82, 2.24) is 4.98 Å². The number of rotatable bonds is 3. The van der Waals surface area contributed by atoms with Crippen LogP contribution in [0.15, 0.2) is 35.1 Å². The van der Waals surface area contributed by atoms with Gasteiger partial charge in [-0.2, -0.15) is 0 Å². The lowest BCUT2D eigenvalue weighted by molar-refractivity contribution is 0.485. The van der Waals surface area contributed by atoms with Gasteiger partial charge in [-0.25, -0.2) is 0 Å². The molecule has 3 heteroatoms. The Labute approximate surface area is 95.3 Å². The second-order valence-electron chi connectivity index (χ2n) is 4.10. The molecule has 0 bridgehead atoms. The highest BCUT2D eigenvalue weighted by Gasteiger charge is 2.12. The summed E-state index contributed by atoms with van der Waals surface area (Å²) in [5.41, 5.74) is 9.36. The van der Waals surface area contributed by atoms with Gasteiger partial charge >= 0.3 is 0 Å². The normalized spacial score (nSPS) is 12.7. The Morgan fingerprint density at radius 2 is 2.25 bits per heavy atom. The van der Waals surface area contributed by atoms with Crippen LogP contribution in [0.1, 0.15) is 28.6 Å². The fourth-order valence-electron chi connectivity index (χ4n) is 1.86. The summed E-state index contributed by atoms with van der Waals surface area (Å²) >= 11 is 0. The van der Waals surface area contributed by atoms with Crippen molar-refractivity contribution in [1.29, 1.82) is 0 Å². The molecule has 0 aliphatic rings. The van der Waals surface area contributed by atoms with E-state index in [0.29, 0.717) is 6.42 Å². The van der Waals surface area contributed by atoms with Crippen LogP contribution in [-0.4, -0.2) is 4.98 Å². The first kappa shape index (κ1) is 10.9. The third kappa shape index (κ3) is 2.31. The number of aromatic nitrogens is 1. The molecule has 3 nitrogen and oxygen atoms in total. The summed E-state index contributed by atoms with van der Waals surface area (Å²) in [7, 11) is 0. The molecule has 0 spiro atoms. The highest BCUT2D eigenvalue weighted by atomic mass is 16.3. The molecule has 84 valence electrons. The van der Waals surface area contributed by atoms with Crippen LogP contribution in [-0.2, 0) is 6.42 Å². The average Bonchev–Trinajstić information content (AvgIpc) is 2.70. The quantitative estimate of drug-likeness (QED) is 0.857. The molecule has 0 aliphatic carbocycles. The summed E-state index contributed by atoms with van der Waals surface area (Å²) in [5, 5.41) is 0. The highest BCUT2D eigenvalue weighted by molar-refractivity contribution is 5.26. The van der Waals surface area contributed by atoms with Gasteiger partial charge in [-0.05, 0) is 37.1 Å². The third-order valence-electron chi connectivity index (χ3n) is 2.61. The lowest BCUT2D eigenvalue weighted by Crippen LogP contribution is -2.16. The van der Waals surface area contributed by atoms with Crippen LogP contribution < -0.4 is 5.73 Å². The van der Waals surface area contributed by atoms with Crippen molar-refractivity contribution in [2.75, 3.05) is 0 Å². The molecule has 0 amide bonds. The van der Waals surface area contributed by atoms with Gasteiger partial charge < -0.3 is 10.2 Å². The topological polar surface area (TPSA) is 52.0 Å². The van der Waals surface area contributed by atoms with Crippen LogP contribution in [0.4, 0.5) is 0 Å². The van der Waals surface area contributed by atoms with Crippen LogP contribution in [0.25, 0.3) is 0 Å². The van der Waals surface area contributed by atoms with Crippen molar-refractivity contribution in [2.24, 2.45) is 5.73 Å². The molecule has 2 N–H and O–H groups in total. The number of nitrogens with zero attached hydrogens (tertiary/aromatic N) is 1. The zero-order chi connectivity index (χ0) is 11.5. The lowest BCUT2D eigenvalue weighted by Gasteiger charge is -2.12. The van der Waals surface area contributed by atoms with Crippen molar-refractivity contribution in [3.05, 3.63) is 53.2 Å². The van der Waals surface area contributed by atoms with Crippen LogP contribution in [0, 0.1) is 13.8 Å². The summed E-state index contributed by atoms with van der Waals surface area (Å²) in [5.74, 6) is 0.897. The number of nitrogens with two attached hydrogens (primary N) is 1. The van der Waals surface area contributed by atoms with Crippen molar-refractivity contribution in [2.45, 2.75) is 26.3 Å². The van der Waals surface area contributed by atoms with E-state index < -0.39 is 0 Å². The van der Waals surface area contributed by atoms with Gasteiger partial charge in [0.1, 0.15) is 5.76 Å². The first-order valence-corrected chi connectivity index (χ1v) is 5.38. The van der Waals surface area contributed by atoms with E-state index in [0.717, 1.165) is 22.6 Å². The van der Waals surface area contributed by atoms with Crippen molar-refractivity contribution in [3.8, 4) is 0 Å². The summed E-state index contributed by atoms with van der Waals surface area (Å²) < 4.78 is 5.28. The van der Waals surface area contributed by atoms with E-state index in [-0.39, 0.29) is 6.04 Å². The Kier molecular flexibility index (Phi) is 3.06. The Morgan fingerprint density at radius 3 is 2.88 bits per heavy atom. The number of hydrogen-bond donors (Lipinski definition) is 1. The minimum atomic E-state index is -0.105. The molecule has 0 radical (unpaired) electrons. The van der Waals surface area contributed by atoms with Crippen molar-refractivity contribution >= 4 is 0 Å². The van der Waals surface area contributed by atoms with Gasteiger partial charge in [-0.3, -0.25) is 4.98 Å². The van der Waals surface area contributed by atoms with E-state index in [1.807, 2.05) is 32.2 Å². The smallest absolute Gasteiger partial charge is 0.105 e. The molecule has 0 saturated carbocycles. The van der Waals surface area contributed by atoms with E-state index in [9.17, 15) is 0 Å². The molecule has 2 rings (SSSR count). The Bertz CT molecular complexity index is 463. The molecular weight excluding hydrogens is 200 g/mol.